The quantitative estimate of drug-likeness (QED) is 0.766. The van der Waals surface area contributed by atoms with Gasteiger partial charge < -0.3 is 4.90 Å². The fourth-order valence-corrected chi connectivity index (χ4v) is 3.75. The lowest BCUT2D eigenvalue weighted by atomic mass is 9.88. The second-order valence-corrected chi connectivity index (χ2v) is 6.73. The minimum absolute atomic E-state index is 0.666. The van der Waals surface area contributed by atoms with Gasteiger partial charge in [-0.05, 0) is 37.6 Å². The van der Waals surface area contributed by atoms with Gasteiger partial charge in [-0.25, -0.2) is 4.39 Å². The van der Waals surface area contributed by atoms with Crippen molar-refractivity contribution in [3.63, 3.8) is 0 Å². The van der Waals surface area contributed by atoms with E-state index in [0.29, 0.717) is 6.54 Å². The van der Waals surface area contributed by atoms with Crippen molar-refractivity contribution in [1.82, 2.24) is 9.80 Å². The van der Waals surface area contributed by atoms with Crippen LogP contribution in [-0.2, 0) is 0 Å². The van der Waals surface area contributed by atoms with Crippen LogP contribution in [0.5, 0.6) is 0 Å². The molecule has 2 aliphatic rings. The van der Waals surface area contributed by atoms with Crippen LogP contribution in [-0.4, -0.2) is 54.7 Å². The van der Waals surface area contributed by atoms with Crippen LogP contribution in [0.1, 0.15) is 40.0 Å². The second-order valence-electron chi connectivity index (χ2n) is 6.73. The van der Waals surface area contributed by atoms with Gasteiger partial charge >= 0.3 is 0 Å². The van der Waals surface area contributed by atoms with Gasteiger partial charge in [0.05, 0.1) is 0 Å². The predicted octanol–water partition coefficient (Wildman–Crippen LogP) is 2.79. The van der Waals surface area contributed by atoms with Crippen molar-refractivity contribution in [2.45, 2.75) is 45.7 Å². The summed E-state index contributed by atoms with van der Waals surface area (Å²) in [5.74, 6) is 1.46. The predicted molar refractivity (Wildman–Crippen MR) is 74.6 cm³/mol. The molecule has 0 aromatic rings. The van der Waals surface area contributed by atoms with E-state index in [-0.39, 0.29) is 0 Å². The Morgan fingerprint density at radius 3 is 2.11 bits per heavy atom. The van der Waals surface area contributed by atoms with E-state index in [9.17, 15) is 4.39 Å². The van der Waals surface area contributed by atoms with E-state index < -0.39 is 5.67 Å². The molecule has 0 aromatic carbocycles. The maximum atomic E-state index is 14.9. The lowest BCUT2D eigenvalue weighted by Gasteiger charge is -2.42. The molecule has 2 heterocycles. The molecule has 0 N–H and O–H groups in total. The summed E-state index contributed by atoms with van der Waals surface area (Å²) < 4.78 is 14.9. The normalized spacial score (nSPS) is 34.7. The van der Waals surface area contributed by atoms with Crippen LogP contribution in [0.3, 0.4) is 0 Å². The molecule has 2 fully saturated rings. The van der Waals surface area contributed by atoms with Gasteiger partial charge in [0.1, 0.15) is 5.67 Å². The van der Waals surface area contributed by atoms with E-state index in [1.807, 2.05) is 0 Å². The summed E-state index contributed by atoms with van der Waals surface area (Å²) in [5.41, 5.74) is -0.928. The van der Waals surface area contributed by atoms with E-state index in [2.05, 4.69) is 30.6 Å². The molecule has 2 nitrogen and oxygen atoms in total. The topological polar surface area (TPSA) is 6.48 Å². The molecule has 106 valence electrons. The number of hydrogen-bond donors (Lipinski definition) is 0. The summed E-state index contributed by atoms with van der Waals surface area (Å²) in [6.45, 7) is 12.5. The highest BCUT2D eigenvalue weighted by Gasteiger charge is 2.37. The largest absolute Gasteiger partial charge is 0.303 e. The van der Waals surface area contributed by atoms with Gasteiger partial charge in [0.25, 0.3) is 0 Å². The SMILES string of the molecule is CCN1CCC(F)(CN2C[C@H](C)C[C@H](C)C2)CC1. The Bertz CT molecular complexity index is 251. The molecule has 18 heavy (non-hydrogen) atoms. The van der Waals surface area contributed by atoms with Crippen molar-refractivity contribution in [2.75, 3.05) is 39.3 Å². The highest BCUT2D eigenvalue weighted by atomic mass is 19.1. The third kappa shape index (κ3) is 3.67. The van der Waals surface area contributed by atoms with Crippen LogP contribution in [0, 0.1) is 11.8 Å². The zero-order chi connectivity index (χ0) is 13.2. The summed E-state index contributed by atoms with van der Waals surface area (Å²) >= 11 is 0. The first-order chi connectivity index (χ1) is 8.50. The van der Waals surface area contributed by atoms with E-state index in [1.54, 1.807) is 0 Å². The Hall–Kier alpha value is -0.150. The zero-order valence-corrected chi connectivity index (χ0v) is 12.3. The Morgan fingerprint density at radius 1 is 1.06 bits per heavy atom. The lowest BCUT2D eigenvalue weighted by Crippen LogP contribution is -2.51. The van der Waals surface area contributed by atoms with Gasteiger partial charge in [-0.3, -0.25) is 4.90 Å². The molecule has 0 bridgehead atoms. The maximum Gasteiger partial charge on any atom is 0.126 e. The smallest absolute Gasteiger partial charge is 0.126 e. The van der Waals surface area contributed by atoms with Crippen molar-refractivity contribution in [1.29, 1.82) is 0 Å². The fraction of sp³-hybridized carbons (Fsp3) is 1.00. The number of alkyl halides is 1. The van der Waals surface area contributed by atoms with Crippen molar-refractivity contribution in [3.05, 3.63) is 0 Å². The minimum Gasteiger partial charge on any atom is -0.303 e. The number of likely N-dealkylation sites (tertiary alicyclic amines) is 2. The molecule has 2 atom stereocenters. The van der Waals surface area contributed by atoms with Crippen molar-refractivity contribution >= 4 is 0 Å². The highest BCUT2D eigenvalue weighted by Crippen LogP contribution is 2.30. The Morgan fingerprint density at radius 2 is 1.61 bits per heavy atom. The first-order valence-corrected chi connectivity index (χ1v) is 7.64. The highest BCUT2D eigenvalue weighted by molar-refractivity contribution is 4.90. The van der Waals surface area contributed by atoms with E-state index >= 15 is 0 Å². The van der Waals surface area contributed by atoms with Crippen LogP contribution in [0.4, 0.5) is 4.39 Å². The number of hydrogen-bond acceptors (Lipinski definition) is 2. The average molecular weight is 256 g/mol. The summed E-state index contributed by atoms with van der Waals surface area (Å²) in [6.07, 6.45) is 2.75. The van der Waals surface area contributed by atoms with Crippen LogP contribution >= 0.6 is 0 Å². The zero-order valence-electron chi connectivity index (χ0n) is 12.3. The molecule has 0 saturated carbocycles. The molecule has 0 unspecified atom stereocenters. The molecular formula is C15H29FN2. The van der Waals surface area contributed by atoms with Crippen molar-refractivity contribution in [3.8, 4) is 0 Å². The maximum absolute atomic E-state index is 14.9. The second kappa shape index (κ2) is 5.87. The van der Waals surface area contributed by atoms with E-state index in [4.69, 9.17) is 0 Å². The first-order valence-electron chi connectivity index (χ1n) is 7.64. The first kappa shape index (κ1) is 14.3. The molecule has 2 aliphatic heterocycles. The Labute approximate surface area is 112 Å². The average Bonchev–Trinajstić information content (AvgIpc) is 2.28. The van der Waals surface area contributed by atoms with Crippen LogP contribution in [0.2, 0.25) is 0 Å². The molecule has 0 aliphatic carbocycles. The fourth-order valence-electron chi connectivity index (χ4n) is 3.75. The lowest BCUT2D eigenvalue weighted by molar-refractivity contribution is 0.00749. The van der Waals surface area contributed by atoms with Gasteiger partial charge in [0.15, 0.2) is 0 Å². The minimum atomic E-state index is -0.928. The van der Waals surface area contributed by atoms with E-state index in [1.165, 1.54) is 6.42 Å². The molecule has 3 heteroatoms. The summed E-state index contributed by atoms with van der Waals surface area (Å²) in [5, 5.41) is 0. The molecule has 2 rings (SSSR count). The number of rotatable bonds is 3. The Balaban J connectivity index is 1.85. The molecule has 0 radical (unpaired) electrons. The monoisotopic (exact) mass is 256 g/mol. The van der Waals surface area contributed by atoms with Crippen LogP contribution in [0.25, 0.3) is 0 Å². The third-order valence-corrected chi connectivity index (χ3v) is 4.65. The standard InChI is InChI=1S/C15H29FN2/c1-4-17-7-5-15(16,6-8-17)12-18-10-13(2)9-14(3)11-18/h13-14H,4-12H2,1-3H3/t13-,14+. The van der Waals surface area contributed by atoms with Gasteiger partial charge in [-0.15, -0.1) is 0 Å². The van der Waals surface area contributed by atoms with Crippen molar-refractivity contribution < 1.29 is 4.39 Å². The number of nitrogens with zero attached hydrogens (tertiary/aromatic N) is 2. The molecule has 2 saturated heterocycles. The number of piperidine rings is 2. The van der Waals surface area contributed by atoms with Gasteiger partial charge in [0.2, 0.25) is 0 Å². The van der Waals surface area contributed by atoms with Gasteiger partial charge in [0, 0.05) is 32.7 Å². The molecule has 0 spiro atoms. The van der Waals surface area contributed by atoms with Gasteiger partial charge in [-0.1, -0.05) is 20.8 Å². The third-order valence-electron chi connectivity index (χ3n) is 4.65. The Kier molecular flexibility index (Phi) is 4.65. The number of halogens is 1. The molecule has 0 aromatic heterocycles. The molecular weight excluding hydrogens is 227 g/mol. The summed E-state index contributed by atoms with van der Waals surface area (Å²) in [7, 11) is 0. The summed E-state index contributed by atoms with van der Waals surface area (Å²) in [4.78, 5) is 4.74. The van der Waals surface area contributed by atoms with Crippen LogP contribution < -0.4 is 0 Å². The van der Waals surface area contributed by atoms with Crippen LogP contribution in [0.15, 0.2) is 0 Å². The van der Waals surface area contributed by atoms with Crippen molar-refractivity contribution in [2.24, 2.45) is 11.8 Å². The van der Waals surface area contributed by atoms with E-state index in [0.717, 1.165) is 57.4 Å². The van der Waals surface area contributed by atoms with Gasteiger partial charge in [-0.2, -0.15) is 0 Å². The summed E-state index contributed by atoms with van der Waals surface area (Å²) in [6, 6.07) is 0. The molecule has 0 amide bonds.